The lowest BCUT2D eigenvalue weighted by atomic mass is 10.0. The third kappa shape index (κ3) is 13.6. The Bertz CT molecular complexity index is 630. The molecule has 0 aliphatic rings. The molecule has 1 N–H and O–H groups in total. The van der Waals surface area contributed by atoms with Crippen LogP contribution in [0.15, 0.2) is 23.1 Å². The van der Waals surface area contributed by atoms with Gasteiger partial charge in [0.05, 0.1) is 4.90 Å². The summed E-state index contributed by atoms with van der Waals surface area (Å²) in [6.07, 6.45) is 19.4. The van der Waals surface area contributed by atoms with Gasteiger partial charge in [-0.15, -0.1) is 0 Å². The Kier molecular flexibility index (Phi) is 15.1. The van der Waals surface area contributed by atoms with Gasteiger partial charge in [-0.3, -0.25) is 0 Å². The lowest BCUT2D eigenvalue weighted by Crippen LogP contribution is -2.24. The number of benzene rings is 1. The van der Waals surface area contributed by atoms with E-state index < -0.39 is 10.0 Å². The fourth-order valence-electron chi connectivity index (χ4n) is 3.47. The molecule has 0 fully saturated rings. The zero-order valence-corrected chi connectivity index (χ0v) is 20.4. The summed E-state index contributed by atoms with van der Waals surface area (Å²) in [5.41, 5.74) is 0. The van der Waals surface area contributed by atoms with E-state index in [0.717, 1.165) is 12.8 Å². The van der Waals surface area contributed by atoms with Crippen LogP contribution >= 0.6 is 23.2 Å². The summed E-state index contributed by atoms with van der Waals surface area (Å²) in [6.45, 7) is 2.71. The summed E-state index contributed by atoms with van der Waals surface area (Å²) in [4.78, 5) is 0.121. The van der Waals surface area contributed by atoms with E-state index in [4.69, 9.17) is 23.2 Å². The van der Waals surface area contributed by atoms with Crippen LogP contribution in [-0.2, 0) is 10.0 Å². The van der Waals surface area contributed by atoms with Crippen molar-refractivity contribution in [3.8, 4) is 0 Å². The first-order chi connectivity index (χ1) is 14.0. The molecule has 0 saturated carbocycles. The summed E-state index contributed by atoms with van der Waals surface area (Å²) in [5, 5.41) is 0.648. The van der Waals surface area contributed by atoms with Crippen LogP contribution in [0, 0.1) is 0 Å². The Morgan fingerprint density at radius 2 is 1.03 bits per heavy atom. The van der Waals surface area contributed by atoms with Gasteiger partial charge in [-0.05, 0) is 24.6 Å². The maximum absolute atomic E-state index is 12.3. The fraction of sp³-hybridized carbons (Fsp3) is 0.739. The van der Waals surface area contributed by atoms with Crippen LogP contribution in [0.2, 0.25) is 10.0 Å². The van der Waals surface area contributed by atoms with Gasteiger partial charge in [0.25, 0.3) is 0 Å². The van der Waals surface area contributed by atoms with E-state index in [-0.39, 0.29) is 4.90 Å². The van der Waals surface area contributed by atoms with Crippen molar-refractivity contribution in [1.29, 1.82) is 0 Å². The number of unbranched alkanes of at least 4 members (excludes halogenated alkanes) is 14. The van der Waals surface area contributed by atoms with Gasteiger partial charge in [0.15, 0.2) is 0 Å². The molecule has 168 valence electrons. The van der Waals surface area contributed by atoms with Crippen molar-refractivity contribution in [2.24, 2.45) is 0 Å². The third-order valence-corrected chi connectivity index (χ3v) is 7.10. The molecular weight excluding hydrogens is 425 g/mol. The average Bonchev–Trinajstić information content (AvgIpc) is 2.67. The smallest absolute Gasteiger partial charge is 0.211 e. The quantitative estimate of drug-likeness (QED) is 0.223. The van der Waals surface area contributed by atoms with E-state index in [0.29, 0.717) is 16.6 Å². The Morgan fingerprint density at radius 3 is 1.45 bits per heavy atom. The van der Waals surface area contributed by atoms with Crippen molar-refractivity contribution in [2.45, 2.75) is 108 Å². The van der Waals surface area contributed by atoms with Gasteiger partial charge in [-0.2, -0.15) is 0 Å². The zero-order valence-electron chi connectivity index (χ0n) is 18.0. The molecule has 0 aromatic heterocycles. The van der Waals surface area contributed by atoms with E-state index in [1.807, 2.05) is 0 Å². The molecule has 1 aromatic rings. The number of nitrogens with one attached hydrogen (secondary N) is 1. The number of hydrogen-bond acceptors (Lipinski definition) is 2. The monoisotopic (exact) mass is 463 g/mol. The molecule has 0 bridgehead atoms. The minimum atomic E-state index is -3.54. The van der Waals surface area contributed by atoms with Crippen LogP contribution in [0.25, 0.3) is 0 Å². The molecule has 0 aliphatic heterocycles. The Morgan fingerprint density at radius 1 is 0.655 bits per heavy atom. The SMILES string of the molecule is CCCCCCCCCCCCCCCCCNS(=O)(=O)c1cc(Cl)cc(Cl)c1. The van der Waals surface area contributed by atoms with Crippen LogP contribution in [0.1, 0.15) is 103 Å². The molecule has 1 aromatic carbocycles. The fourth-order valence-corrected chi connectivity index (χ4v) is 5.27. The second-order valence-corrected chi connectivity index (χ2v) is 10.6. The first kappa shape index (κ1) is 26.7. The Balaban J connectivity index is 1.94. The minimum absolute atomic E-state index is 0.121. The summed E-state index contributed by atoms with van der Waals surface area (Å²) in [7, 11) is -3.54. The third-order valence-electron chi connectivity index (χ3n) is 5.22. The van der Waals surface area contributed by atoms with Gasteiger partial charge in [-0.25, -0.2) is 13.1 Å². The van der Waals surface area contributed by atoms with Crippen LogP contribution in [0.3, 0.4) is 0 Å². The van der Waals surface area contributed by atoms with Gasteiger partial charge in [0, 0.05) is 16.6 Å². The standard InChI is InChI=1S/C23H39Cl2NO2S/c1-2-3-4-5-6-7-8-9-10-11-12-13-14-15-16-17-26-29(27,28)23-19-21(24)18-22(25)20-23/h18-20,26H,2-17H2,1H3. The van der Waals surface area contributed by atoms with Gasteiger partial charge in [-0.1, -0.05) is 120 Å². The number of halogens is 2. The molecule has 0 heterocycles. The number of hydrogen-bond donors (Lipinski definition) is 1. The van der Waals surface area contributed by atoms with Gasteiger partial charge < -0.3 is 0 Å². The molecule has 0 unspecified atom stereocenters. The van der Waals surface area contributed by atoms with Gasteiger partial charge in [0.1, 0.15) is 0 Å². The topological polar surface area (TPSA) is 46.2 Å². The van der Waals surface area contributed by atoms with E-state index >= 15 is 0 Å². The maximum Gasteiger partial charge on any atom is 0.240 e. The molecule has 0 radical (unpaired) electrons. The van der Waals surface area contributed by atoms with E-state index in [1.165, 1.54) is 102 Å². The van der Waals surface area contributed by atoms with E-state index in [9.17, 15) is 8.42 Å². The van der Waals surface area contributed by atoms with Gasteiger partial charge >= 0.3 is 0 Å². The highest BCUT2D eigenvalue weighted by atomic mass is 35.5. The maximum atomic E-state index is 12.3. The summed E-state index contributed by atoms with van der Waals surface area (Å²) < 4.78 is 27.1. The zero-order chi connectivity index (χ0) is 21.4. The van der Waals surface area contributed by atoms with E-state index in [1.54, 1.807) is 0 Å². The highest BCUT2D eigenvalue weighted by Crippen LogP contribution is 2.22. The number of sulfonamides is 1. The predicted octanol–water partition coefficient (Wildman–Crippen LogP) is 8.14. The van der Waals surface area contributed by atoms with Crippen LogP contribution in [-0.4, -0.2) is 15.0 Å². The summed E-state index contributed by atoms with van der Waals surface area (Å²) in [5.74, 6) is 0. The normalized spacial score (nSPS) is 11.8. The molecular formula is C23H39Cl2NO2S. The minimum Gasteiger partial charge on any atom is -0.211 e. The van der Waals surface area contributed by atoms with Crippen LogP contribution in [0.5, 0.6) is 0 Å². The lowest BCUT2D eigenvalue weighted by molar-refractivity contribution is 0.530. The average molecular weight is 465 g/mol. The highest BCUT2D eigenvalue weighted by Gasteiger charge is 2.14. The first-order valence-corrected chi connectivity index (χ1v) is 13.7. The van der Waals surface area contributed by atoms with Gasteiger partial charge in [0.2, 0.25) is 10.0 Å². The largest absolute Gasteiger partial charge is 0.240 e. The molecule has 0 amide bonds. The van der Waals surface area contributed by atoms with Crippen molar-refractivity contribution in [3.63, 3.8) is 0 Å². The molecule has 6 heteroatoms. The second kappa shape index (κ2) is 16.4. The molecule has 3 nitrogen and oxygen atoms in total. The highest BCUT2D eigenvalue weighted by molar-refractivity contribution is 7.89. The molecule has 29 heavy (non-hydrogen) atoms. The molecule has 0 saturated heterocycles. The Hall–Kier alpha value is -0.290. The van der Waals surface area contributed by atoms with Crippen LogP contribution in [0.4, 0.5) is 0 Å². The summed E-state index contributed by atoms with van der Waals surface area (Å²) >= 11 is 11.8. The summed E-state index contributed by atoms with van der Waals surface area (Å²) in [6, 6.07) is 4.36. The molecule has 0 spiro atoms. The van der Waals surface area contributed by atoms with Crippen molar-refractivity contribution in [3.05, 3.63) is 28.2 Å². The Labute approximate surface area is 189 Å². The first-order valence-electron chi connectivity index (χ1n) is 11.4. The lowest BCUT2D eigenvalue weighted by Gasteiger charge is -2.08. The predicted molar refractivity (Wildman–Crippen MR) is 127 cm³/mol. The van der Waals surface area contributed by atoms with Crippen LogP contribution < -0.4 is 4.72 Å². The van der Waals surface area contributed by atoms with Crippen molar-refractivity contribution < 1.29 is 8.42 Å². The van der Waals surface area contributed by atoms with Crippen molar-refractivity contribution in [2.75, 3.05) is 6.54 Å². The van der Waals surface area contributed by atoms with E-state index in [2.05, 4.69) is 11.6 Å². The molecule has 0 aliphatic carbocycles. The second-order valence-electron chi connectivity index (χ2n) is 7.95. The molecule has 0 atom stereocenters. The number of rotatable bonds is 18. The van der Waals surface area contributed by atoms with Crippen molar-refractivity contribution >= 4 is 33.2 Å². The molecule has 1 rings (SSSR count). The van der Waals surface area contributed by atoms with Crippen molar-refractivity contribution in [1.82, 2.24) is 4.72 Å².